The molecule has 2 unspecified atom stereocenters. The van der Waals surface area contributed by atoms with Crippen LogP contribution in [-0.2, 0) is 19.4 Å². The molecule has 0 aliphatic heterocycles. The summed E-state index contributed by atoms with van der Waals surface area (Å²) in [5.41, 5.74) is 10.3. The normalized spacial score (nSPS) is 16.9. The Hall–Kier alpha value is -5.92. The van der Waals surface area contributed by atoms with Crippen LogP contribution in [0.5, 0.6) is 0 Å². The van der Waals surface area contributed by atoms with E-state index in [1.165, 1.54) is 12.4 Å². The van der Waals surface area contributed by atoms with E-state index in [0.717, 1.165) is 53.5 Å². The van der Waals surface area contributed by atoms with Gasteiger partial charge in [0, 0.05) is 18.2 Å². The summed E-state index contributed by atoms with van der Waals surface area (Å²) in [5.74, 6) is -1.20. The first-order chi connectivity index (χ1) is 22.2. The SMILES string of the molecule is Nc1c(NC2CCCc3ccc(CNC(=O)c4cc(C(=O)NC5CCc6cc(-c7noc(=O)[nH]7)ccc65)ncn4)cc32)c(=O)c1=O. The Labute approximate surface area is 260 Å². The first-order valence-corrected chi connectivity index (χ1v) is 14.8. The van der Waals surface area contributed by atoms with E-state index >= 15 is 0 Å². The van der Waals surface area contributed by atoms with Crippen LogP contribution in [0.25, 0.3) is 11.4 Å². The highest BCUT2D eigenvalue weighted by Crippen LogP contribution is 2.35. The fourth-order valence-corrected chi connectivity index (χ4v) is 6.21. The number of aromatic amines is 1. The monoisotopic (exact) mass is 620 g/mol. The molecular formula is C32H28N8O6. The van der Waals surface area contributed by atoms with Crippen LogP contribution in [0, 0.1) is 0 Å². The minimum absolute atomic E-state index is 0.0381. The van der Waals surface area contributed by atoms with E-state index in [1.807, 2.05) is 30.3 Å². The standard InChI is InChI=1S/C32H28N8O6/c33-25-26(28(42)27(25)41)37-21-3-1-2-16-5-4-15(10-20(16)21)13-34-30(43)23-12-24(36-14-35-23)31(44)38-22-9-7-17-11-18(6-8-19(17)22)29-39-32(45)46-40-29/h4-6,8,10-12,14,21-22,37H,1-3,7,9,13,33H2,(H,34,43)(H,38,44)(H,39,40,45). The maximum absolute atomic E-state index is 13.1. The van der Waals surface area contributed by atoms with Crippen LogP contribution in [0.3, 0.4) is 0 Å². The first-order valence-electron chi connectivity index (χ1n) is 14.8. The Morgan fingerprint density at radius 3 is 2.50 bits per heavy atom. The van der Waals surface area contributed by atoms with E-state index in [2.05, 4.69) is 40.6 Å². The van der Waals surface area contributed by atoms with Crippen molar-refractivity contribution in [1.29, 1.82) is 0 Å². The van der Waals surface area contributed by atoms with Crippen molar-refractivity contribution in [2.75, 3.05) is 11.1 Å². The zero-order valence-electron chi connectivity index (χ0n) is 24.4. The number of nitrogens with two attached hydrogens (primary N) is 1. The minimum atomic E-state index is -0.664. The maximum Gasteiger partial charge on any atom is 0.439 e. The average molecular weight is 621 g/mol. The second-order valence-electron chi connectivity index (χ2n) is 11.5. The number of aromatic nitrogens is 4. The third-order valence-corrected chi connectivity index (χ3v) is 8.62. The number of benzene rings is 2. The number of amides is 2. The van der Waals surface area contributed by atoms with Crippen molar-refractivity contribution in [3.8, 4) is 11.4 Å². The first kappa shape index (κ1) is 28.8. The molecule has 5 aromatic rings. The van der Waals surface area contributed by atoms with E-state index in [-0.39, 0.29) is 41.4 Å². The average Bonchev–Trinajstić information content (AvgIpc) is 3.71. The van der Waals surface area contributed by atoms with E-state index < -0.39 is 28.4 Å². The molecule has 0 bridgehead atoms. The second kappa shape index (κ2) is 11.5. The number of nitrogens with zero attached hydrogens (tertiary/aromatic N) is 3. The number of nitrogens with one attached hydrogen (secondary N) is 4. The summed E-state index contributed by atoms with van der Waals surface area (Å²) in [4.78, 5) is 71.6. The molecule has 232 valence electrons. The predicted molar refractivity (Wildman–Crippen MR) is 166 cm³/mol. The van der Waals surface area contributed by atoms with E-state index in [4.69, 9.17) is 5.73 Å². The highest BCUT2D eigenvalue weighted by Gasteiger charge is 2.27. The van der Waals surface area contributed by atoms with Gasteiger partial charge in [0.15, 0.2) is 5.82 Å². The summed E-state index contributed by atoms with van der Waals surface area (Å²) < 4.78 is 4.59. The molecule has 0 saturated heterocycles. The van der Waals surface area contributed by atoms with Crippen molar-refractivity contribution in [2.45, 2.75) is 50.7 Å². The van der Waals surface area contributed by atoms with E-state index in [1.54, 1.807) is 6.07 Å². The summed E-state index contributed by atoms with van der Waals surface area (Å²) in [6.07, 6.45) is 5.14. The number of aryl methyl sites for hydroxylation is 2. The molecule has 3 aromatic carbocycles. The molecule has 0 saturated carbocycles. The molecule has 2 amide bonds. The topological polar surface area (TPSA) is 215 Å². The Morgan fingerprint density at radius 2 is 1.72 bits per heavy atom. The Bertz CT molecular complexity index is 2140. The van der Waals surface area contributed by atoms with Crippen LogP contribution in [0.4, 0.5) is 11.4 Å². The summed E-state index contributed by atoms with van der Waals surface area (Å²) in [6.45, 7) is 0.204. The van der Waals surface area contributed by atoms with Crippen LogP contribution >= 0.6 is 0 Å². The van der Waals surface area contributed by atoms with E-state index in [0.29, 0.717) is 17.8 Å². The minimum Gasteiger partial charge on any atom is -0.394 e. The van der Waals surface area contributed by atoms with Crippen LogP contribution in [-0.4, -0.2) is 31.9 Å². The number of carbonyl (C=O) groups excluding carboxylic acids is 2. The quantitative estimate of drug-likeness (QED) is 0.158. The lowest BCUT2D eigenvalue weighted by Crippen LogP contribution is -2.38. The number of anilines is 2. The summed E-state index contributed by atoms with van der Waals surface area (Å²) in [5, 5.41) is 12.7. The highest BCUT2D eigenvalue weighted by atomic mass is 16.5. The van der Waals surface area contributed by atoms with Gasteiger partial charge in [0.05, 0.1) is 12.1 Å². The molecule has 14 nitrogen and oxygen atoms in total. The summed E-state index contributed by atoms with van der Waals surface area (Å²) in [6, 6.07) is 12.4. The van der Waals surface area contributed by atoms with Crippen molar-refractivity contribution in [1.82, 2.24) is 30.7 Å². The van der Waals surface area contributed by atoms with Crippen molar-refractivity contribution in [2.24, 2.45) is 0 Å². The number of fused-ring (bicyclic) bond motifs is 2. The largest absolute Gasteiger partial charge is 0.439 e. The van der Waals surface area contributed by atoms with Crippen LogP contribution in [0.1, 0.15) is 80.1 Å². The van der Waals surface area contributed by atoms with Crippen molar-refractivity contribution < 1.29 is 14.1 Å². The molecule has 0 fully saturated rings. The molecule has 2 heterocycles. The fourth-order valence-electron chi connectivity index (χ4n) is 6.21. The molecule has 0 radical (unpaired) electrons. The molecule has 2 atom stereocenters. The number of H-pyrrole nitrogens is 1. The molecule has 2 aliphatic carbocycles. The predicted octanol–water partition coefficient (Wildman–Crippen LogP) is 1.83. The van der Waals surface area contributed by atoms with E-state index in [9.17, 15) is 24.0 Å². The maximum atomic E-state index is 13.1. The van der Waals surface area contributed by atoms with Crippen molar-refractivity contribution in [3.05, 3.63) is 119 Å². The van der Waals surface area contributed by atoms with Crippen LogP contribution < -0.4 is 38.3 Å². The van der Waals surface area contributed by atoms with Gasteiger partial charge in [-0.3, -0.25) is 28.7 Å². The van der Waals surface area contributed by atoms with Gasteiger partial charge in [-0.05, 0) is 66.0 Å². The Morgan fingerprint density at radius 1 is 0.891 bits per heavy atom. The number of carbonyl (C=O) groups is 2. The van der Waals surface area contributed by atoms with Gasteiger partial charge in [0.1, 0.15) is 29.1 Å². The number of rotatable bonds is 8. The smallest absolute Gasteiger partial charge is 0.394 e. The summed E-state index contributed by atoms with van der Waals surface area (Å²) in [7, 11) is 0. The van der Waals surface area contributed by atoms with Crippen LogP contribution in [0.15, 0.2) is 67.7 Å². The Kier molecular flexibility index (Phi) is 7.23. The molecule has 0 spiro atoms. The van der Waals surface area contributed by atoms with Gasteiger partial charge in [-0.2, -0.15) is 0 Å². The molecule has 7 rings (SSSR count). The van der Waals surface area contributed by atoms with Crippen LogP contribution in [0.2, 0.25) is 0 Å². The zero-order valence-corrected chi connectivity index (χ0v) is 24.4. The molecule has 46 heavy (non-hydrogen) atoms. The lowest BCUT2D eigenvalue weighted by Gasteiger charge is -2.28. The summed E-state index contributed by atoms with van der Waals surface area (Å²) >= 11 is 0. The Balaban J connectivity index is 0.994. The van der Waals surface area contributed by atoms with Gasteiger partial charge in [0.25, 0.3) is 22.7 Å². The molecule has 6 N–H and O–H groups in total. The van der Waals surface area contributed by atoms with Gasteiger partial charge in [-0.15, -0.1) is 0 Å². The molecule has 2 aromatic heterocycles. The number of hydrogen-bond acceptors (Lipinski definition) is 11. The second-order valence-corrected chi connectivity index (χ2v) is 11.5. The fraction of sp³-hybridized carbons (Fsp3) is 0.250. The van der Waals surface area contributed by atoms with Gasteiger partial charge in [-0.25, -0.2) is 14.8 Å². The molecule has 14 heteroatoms. The third kappa shape index (κ3) is 5.33. The zero-order chi connectivity index (χ0) is 31.9. The number of nitrogen functional groups attached to an aromatic ring is 1. The highest BCUT2D eigenvalue weighted by molar-refractivity contribution is 5.97. The van der Waals surface area contributed by atoms with Gasteiger partial charge >= 0.3 is 5.76 Å². The molecular weight excluding hydrogens is 592 g/mol. The molecule has 2 aliphatic rings. The van der Waals surface area contributed by atoms with Gasteiger partial charge in [-0.1, -0.05) is 35.5 Å². The lowest BCUT2D eigenvalue weighted by atomic mass is 9.86. The third-order valence-electron chi connectivity index (χ3n) is 8.62. The number of hydrogen-bond donors (Lipinski definition) is 5. The van der Waals surface area contributed by atoms with Gasteiger partial charge < -0.3 is 21.7 Å². The van der Waals surface area contributed by atoms with Crippen molar-refractivity contribution in [3.63, 3.8) is 0 Å². The van der Waals surface area contributed by atoms with Crippen molar-refractivity contribution >= 4 is 23.2 Å². The lowest BCUT2D eigenvalue weighted by molar-refractivity contribution is 0.0931. The van der Waals surface area contributed by atoms with Gasteiger partial charge in [0.2, 0.25) is 0 Å².